The number of carbonyl (C=O) groups is 1. The van der Waals surface area contributed by atoms with E-state index in [9.17, 15) is 4.79 Å². The molecule has 1 aromatic carbocycles. The number of hydrogen-bond acceptors (Lipinski definition) is 3. The first-order valence-corrected chi connectivity index (χ1v) is 4.93. The standard InChI is InChI=1S/C11H11NO3/c1-7-3-2-4-8-9(7)12-10(13)11(8)14-5-6-15-11/h2-4H,5-6H2,1H3,(H,12,13). The van der Waals surface area contributed by atoms with Crippen LogP contribution in [0.15, 0.2) is 18.2 Å². The van der Waals surface area contributed by atoms with Crippen molar-refractivity contribution in [3.63, 3.8) is 0 Å². The first-order chi connectivity index (χ1) is 7.24. The predicted molar refractivity (Wildman–Crippen MR) is 53.4 cm³/mol. The first kappa shape index (κ1) is 8.88. The van der Waals surface area contributed by atoms with Gasteiger partial charge in [-0.1, -0.05) is 18.2 Å². The summed E-state index contributed by atoms with van der Waals surface area (Å²) in [5.74, 6) is -1.40. The van der Waals surface area contributed by atoms with Crippen LogP contribution in [0, 0.1) is 6.92 Å². The minimum Gasteiger partial charge on any atom is -0.336 e. The van der Waals surface area contributed by atoms with Crippen LogP contribution >= 0.6 is 0 Å². The van der Waals surface area contributed by atoms with E-state index in [0.29, 0.717) is 13.2 Å². The van der Waals surface area contributed by atoms with Crippen LogP contribution in [0.5, 0.6) is 0 Å². The van der Waals surface area contributed by atoms with E-state index >= 15 is 0 Å². The van der Waals surface area contributed by atoms with Crippen molar-refractivity contribution >= 4 is 11.6 Å². The van der Waals surface area contributed by atoms with Crippen LogP contribution in [0.1, 0.15) is 11.1 Å². The summed E-state index contributed by atoms with van der Waals surface area (Å²) in [6.07, 6.45) is 0. The largest absolute Gasteiger partial charge is 0.336 e. The van der Waals surface area contributed by atoms with E-state index in [0.717, 1.165) is 16.8 Å². The average Bonchev–Trinajstić information content (AvgIpc) is 2.79. The summed E-state index contributed by atoms with van der Waals surface area (Å²) in [4.78, 5) is 11.8. The number of carbonyl (C=O) groups excluding carboxylic acids is 1. The number of fused-ring (bicyclic) bond motifs is 2. The quantitative estimate of drug-likeness (QED) is 0.691. The van der Waals surface area contributed by atoms with Crippen LogP contribution in [0.25, 0.3) is 0 Å². The second-order valence-corrected chi connectivity index (χ2v) is 3.77. The molecule has 1 fully saturated rings. The van der Waals surface area contributed by atoms with Gasteiger partial charge in [-0.15, -0.1) is 0 Å². The molecule has 1 saturated heterocycles. The van der Waals surface area contributed by atoms with Gasteiger partial charge in [-0.2, -0.15) is 0 Å². The van der Waals surface area contributed by atoms with Crippen LogP contribution in [0.3, 0.4) is 0 Å². The van der Waals surface area contributed by atoms with Crippen LogP contribution in [-0.4, -0.2) is 19.1 Å². The lowest BCUT2D eigenvalue weighted by Crippen LogP contribution is -2.35. The summed E-state index contributed by atoms with van der Waals surface area (Å²) in [7, 11) is 0. The van der Waals surface area contributed by atoms with E-state index in [1.807, 2.05) is 25.1 Å². The highest BCUT2D eigenvalue weighted by Gasteiger charge is 2.52. The van der Waals surface area contributed by atoms with Crippen molar-refractivity contribution in [3.8, 4) is 0 Å². The smallest absolute Gasteiger partial charge is 0.289 e. The van der Waals surface area contributed by atoms with E-state index in [4.69, 9.17) is 9.47 Å². The topological polar surface area (TPSA) is 47.6 Å². The van der Waals surface area contributed by atoms with E-state index in [1.165, 1.54) is 0 Å². The van der Waals surface area contributed by atoms with Crippen molar-refractivity contribution in [1.82, 2.24) is 0 Å². The molecule has 0 atom stereocenters. The third-order valence-corrected chi connectivity index (χ3v) is 2.86. The van der Waals surface area contributed by atoms with Gasteiger partial charge in [0, 0.05) is 5.56 Å². The molecular formula is C11H11NO3. The maximum atomic E-state index is 11.8. The average molecular weight is 205 g/mol. The van der Waals surface area contributed by atoms with Gasteiger partial charge in [-0.25, -0.2) is 0 Å². The Morgan fingerprint density at radius 1 is 1.33 bits per heavy atom. The van der Waals surface area contributed by atoms with Crippen molar-refractivity contribution in [1.29, 1.82) is 0 Å². The predicted octanol–water partition coefficient (Wildman–Crippen LogP) is 1.15. The number of aryl methyl sites for hydroxylation is 1. The molecule has 0 bridgehead atoms. The zero-order valence-electron chi connectivity index (χ0n) is 8.37. The Balaban J connectivity index is 2.21. The zero-order chi connectivity index (χ0) is 10.5. The van der Waals surface area contributed by atoms with Gasteiger partial charge in [0.15, 0.2) is 0 Å². The number of anilines is 1. The Morgan fingerprint density at radius 3 is 2.80 bits per heavy atom. The molecule has 4 nitrogen and oxygen atoms in total. The number of amides is 1. The Hall–Kier alpha value is -1.39. The van der Waals surface area contributed by atoms with Gasteiger partial charge in [0.2, 0.25) is 0 Å². The highest BCUT2D eigenvalue weighted by molar-refractivity contribution is 6.04. The second-order valence-electron chi connectivity index (χ2n) is 3.77. The molecule has 0 aliphatic carbocycles. The van der Waals surface area contributed by atoms with Gasteiger partial charge in [-0.05, 0) is 12.5 Å². The van der Waals surface area contributed by atoms with Gasteiger partial charge in [0.05, 0.1) is 18.9 Å². The molecule has 1 aromatic rings. The summed E-state index contributed by atoms with van der Waals surface area (Å²) >= 11 is 0. The lowest BCUT2D eigenvalue weighted by atomic mass is 10.0. The number of ether oxygens (including phenoxy) is 2. The summed E-state index contributed by atoms with van der Waals surface area (Å²) in [6.45, 7) is 2.87. The number of benzene rings is 1. The van der Waals surface area contributed by atoms with Gasteiger partial charge in [0.1, 0.15) is 0 Å². The van der Waals surface area contributed by atoms with Gasteiger partial charge in [0.25, 0.3) is 11.7 Å². The maximum Gasteiger partial charge on any atom is 0.289 e. The molecule has 78 valence electrons. The van der Waals surface area contributed by atoms with Crippen LogP contribution in [-0.2, 0) is 20.1 Å². The van der Waals surface area contributed by atoms with E-state index in [1.54, 1.807) is 0 Å². The molecule has 0 radical (unpaired) electrons. The zero-order valence-corrected chi connectivity index (χ0v) is 8.37. The van der Waals surface area contributed by atoms with Gasteiger partial charge in [-0.3, -0.25) is 4.79 Å². The molecule has 0 aromatic heterocycles. The fourth-order valence-electron chi connectivity index (χ4n) is 2.13. The third kappa shape index (κ3) is 1.00. The number of hydrogen-bond donors (Lipinski definition) is 1. The molecule has 3 rings (SSSR count). The lowest BCUT2D eigenvalue weighted by molar-refractivity contribution is -0.178. The minimum atomic E-state index is -1.18. The van der Waals surface area contributed by atoms with Crippen LogP contribution in [0.2, 0.25) is 0 Å². The summed E-state index contributed by atoms with van der Waals surface area (Å²) in [5, 5.41) is 2.81. The van der Waals surface area contributed by atoms with E-state index in [2.05, 4.69) is 5.32 Å². The normalized spacial score (nSPS) is 21.8. The Bertz CT molecular complexity index is 435. The van der Waals surface area contributed by atoms with Crippen molar-refractivity contribution in [2.75, 3.05) is 18.5 Å². The summed E-state index contributed by atoms with van der Waals surface area (Å²) in [5.41, 5.74) is 2.64. The van der Waals surface area contributed by atoms with Crippen LogP contribution < -0.4 is 5.32 Å². The molecule has 15 heavy (non-hydrogen) atoms. The molecular weight excluding hydrogens is 194 g/mol. The first-order valence-electron chi connectivity index (χ1n) is 4.93. The summed E-state index contributed by atoms with van der Waals surface area (Å²) < 4.78 is 10.9. The van der Waals surface area contributed by atoms with Crippen molar-refractivity contribution < 1.29 is 14.3 Å². The molecule has 1 spiro atoms. The highest BCUT2D eigenvalue weighted by Crippen LogP contribution is 2.43. The fraction of sp³-hybridized carbons (Fsp3) is 0.364. The number of nitrogens with one attached hydrogen (secondary N) is 1. The van der Waals surface area contributed by atoms with E-state index in [-0.39, 0.29) is 5.91 Å². The molecule has 2 aliphatic rings. The minimum absolute atomic E-state index is 0.218. The van der Waals surface area contributed by atoms with Crippen molar-refractivity contribution in [3.05, 3.63) is 29.3 Å². The molecule has 1 N–H and O–H groups in total. The Labute approximate surface area is 87.2 Å². The molecule has 2 heterocycles. The molecule has 4 heteroatoms. The maximum absolute atomic E-state index is 11.8. The van der Waals surface area contributed by atoms with Crippen LogP contribution in [0.4, 0.5) is 5.69 Å². The summed E-state index contributed by atoms with van der Waals surface area (Å²) in [6, 6.07) is 5.72. The van der Waals surface area contributed by atoms with Gasteiger partial charge >= 0.3 is 0 Å². The number of para-hydroxylation sites is 1. The second kappa shape index (κ2) is 2.81. The Kier molecular flexibility index (Phi) is 1.66. The molecule has 0 unspecified atom stereocenters. The van der Waals surface area contributed by atoms with Crippen molar-refractivity contribution in [2.45, 2.75) is 12.7 Å². The lowest BCUT2D eigenvalue weighted by Gasteiger charge is -2.18. The Morgan fingerprint density at radius 2 is 2.07 bits per heavy atom. The fourth-order valence-corrected chi connectivity index (χ4v) is 2.13. The van der Waals surface area contributed by atoms with Gasteiger partial charge < -0.3 is 14.8 Å². The third-order valence-electron chi connectivity index (χ3n) is 2.86. The van der Waals surface area contributed by atoms with Crippen molar-refractivity contribution in [2.24, 2.45) is 0 Å². The molecule has 1 amide bonds. The molecule has 2 aliphatic heterocycles. The SMILES string of the molecule is Cc1cccc2c1NC(=O)C21OCCO1. The monoisotopic (exact) mass is 205 g/mol. The molecule has 0 saturated carbocycles. The van der Waals surface area contributed by atoms with E-state index < -0.39 is 5.79 Å². The highest BCUT2D eigenvalue weighted by atomic mass is 16.7. The number of rotatable bonds is 0.